The van der Waals surface area contributed by atoms with Gasteiger partial charge in [0.2, 0.25) is 0 Å². The van der Waals surface area contributed by atoms with Crippen molar-refractivity contribution in [2.75, 3.05) is 18.5 Å². The Bertz CT molecular complexity index is 513. The number of hydrogen-bond acceptors (Lipinski definition) is 4. The van der Waals surface area contributed by atoms with E-state index in [0.29, 0.717) is 24.4 Å². The first kappa shape index (κ1) is 15.5. The predicted octanol–water partition coefficient (Wildman–Crippen LogP) is 0.881. The van der Waals surface area contributed by atoms with Gasteiger partial charge in [0.25, 0.3) is 11.8 Å². The van der Waals surface area contributed by atoms with Gasteiger partial charge in [-0.3, -0.25) is 9.59 Å². The summed E-state index contributed by atoms with van der Waals surface area (Å²) in [6.07, 6.45) is 1.25. The molecule has 21 heavy (non-hydrogen) atoms. The molecule has 1 aromatic rings. The highest BCUT2D eigenvalue weighted by Gasteiger charge is 2.23. The molecule has 0 aliphatic carbocycles. The number of carbonyl (C=O) groups excluding carboxylic acids is 2. The molecule has 0 radical (unpaired) electrons. The fourth-order valence-electron chi connectivity index (χ4n) is 2.11. The van der Waals surface area contributed by atoms with Gasteiger partial charge in [-0.15, -0.1) is 0 Å². The number of amides is 2. The number of hydrogen-bond donors (Lipinski definition) is 3. The van der Waals surface area contributed by atoms with Gasteiger partial charge < -0.3 is 21.1 Å². The Morgan fingerprint density at radius 1 is 1.48 bits per heavy atom. The molecule has 1 unspecified atom stereocenters. The van der Waals surface area contributed by atoms with Gasteiger partial charge in [0.15, 0.2) is 0 Å². The van der Waals surface area contributed by atoms with Gasteiger partial charge in [0, 0.05) is 30.4 Å². The van der Waals surface area contributed by atoms with Crippen LogP contribution in [0.15, 0.2) is 24.3 Å². The van der Waals surface area contributed by atoms with Crippen LogP contribution < -0.4 is 16.4 Å². The van der Waals surface area contributed by atoms with E-state index in [1.54, 1.807) is 24.3 Å². The van der Waals surface area contributed by atoms with E-state index in [4.69, 9.17) is 10.5 Å². The van der Waals surface area contributed by atoms with Gasteiger partial charge >= 0.3 is 0 Å². The molecule has 1 aromatic carbocycles. The molecule has 6 heteroatoms. The number of carbonyl (C=O) groups is 2. The summed E-state index contributed by atoms with van der Waals surface area (Å²) in [5, 5.41) is 5.56. The predicted molar refractivity (Wildman–Crippen MR) is 80.0 cm³/mol. The summed E-state index contributed by atoms with van der Waals surface area (Å²) in [4.78, 5) is 24.0. The Hall–Kier alpha value is -1.92. The summed E-state index contributed by atoms with van der Waals surface area (Å²) >= 11 is 0. The second-order valence-electron chi connectivity index (χ2n) is 5.18. The van der Waals surface area contributed by atoms with Crippen LogP contribution in [0.3, 0.4) is 0 Å². The fraction of sp³-hybridized carbons (Fsp3) is 0.467. The van der Waals surface area contributed by atoms with Crippen LogP contribution in [-0.2, 0) is 9.53 Å². The Balaban J connectivity index is 2.00. The standard InChI is InChI=1S/C15H21N3O3/c1-10(9-16)17-14(19)11-4-2-5-12(8-11)18-15(20)13-6-3-7-21-13/h2,4-5,8,10,13H,3,6-7,9,16H2,1H3,(H,17,19)(H,18,20)/t10-,13?/m0/s1. The van der Waals surface area contributed by atoms with Crippen molar-refractivity contribution in [3.8, 4) is 0 Å². The molecule has 2 atom stereocenters. The zero-order valence-electron chi connectivity index (χ0n) is 12.1. The third-order valence-corrected chi connectivity index (χ3v) is 3.35. The number of nitrogens with one attached hydrogen (secondary N) is 2. The Labute approximate surface area is 124 Å². The molecule has 1 heterocycles. The summed E-state index contributed by atoms with van der Waals surface area (Å²) in [6, 6.07) is 6.72. The van der Waals surface area contributed by atoms with Crippen LogP contribution in [-0.4, -0.2) is 37.1 Å². The van der Waals surface area contributed by atoms with Crippen molar-refractivity contribution in [3.63, 3.8) is 0 Å². The number of ether oxygens (including phenoxy) is 1. The van der Waals surface area contributed by atoms with Crippen molar-refractivity contribution in [2.24, 2.45) is 5.73 Å². The first-order valence-corrected chi connectivity index (χ1v) is 7.13. The van der Waals surface area contributed by atoms with E-state index in [0.717, 1.165) is 12.8 Å². The first-order valence-electron chi connectivity index (χ1n) is 7.13. The lowest BCUT2D eigenvalue weighted by atomic mass is 10.1. The third-order valence-electron chi connectivity index (χ3n) is 3.35. The minimum Gasteiger partial charge on any atom is -0.368 e. The van der Waals surface area contributed by atoms with Crippen LogP contribution in [0.2, 0.25) is 0 Å². The normalized spacial score (nSPS) is 19.0. The van der Waals surface area contributed by atoms with E-state index >= 15 is 0 Å². The first-order chi connectivity index (χ1) is 10.1. The Morgan fingerprint density at radius 3 is 2.95 bits per heavy atom. The maximum Gasteiger partial charge on any atom is 0.253 e. The fourth-order valence-corrected chi connectivity index (χ4v) is 2.11. The maximum atomic E-state index is 12.0. The molecule has 0 aromatic heterocycles. The number of anilines is 1. The molecule has 1 aliphatic rings. The molecule has 4 N–H and O–H groups in total. The SMILES string of the molecule is C[C@@H](CN)NC(=O)c1cccc(NC(=O)C2CCCO2)c1. The molecule has 0 spiro atoms. The highest BCUT2D eigenvalue weighted by Crippen LogP contribution is 2.16. The van der Waals surface area contributed by atoms with Gasteiger partial charge in [0.05, 0.1) is 0 Å². The maximum absolute atomic E-state index is 12.0. The van der Waals surface area contributed by atoms with Gasteiger partial charge in [0.1, 0.15) is 6.10 Å². The van der Waals surface area contributed by atoms with Gasteiger partial charge in [-0.05, 0) is 38.0 Å². The van der Waals surface area contributed by atoms with Crippen molar-refractivity contribution in [2.45, 2.75) is 31.9 Å². The van der Waals surface area contributed by atoms with Crippen LogP contribution in [0.1, 0.15) is 30.1 Å². The van der Waals surface area contributed by atoms with E-state index in [1.165, 1.54) is 0 Å². The second-order valence-corrected chi connectivity index (χ2v) is 5.18. The average molecular weight is 291 g/mol. The Kier molecular flexibility index (Phi) is 5.30. The molecule has 2 rings (SSSR count). The summed E-state index contributed by atoms with van der Waals surface area (Å²) in [5.74, 6) is -0.374. The van der Waals surface area contributed by atoms with Crippen molar-refractivity contribution >= 4 is 17.5 Å². The van der Waals surface area contributed by atoms with E-state index in [9.17, 15) is 9.59 Å². The zero-order valence-corrected chi connectivity index (χ0v) is 12.1. The van der Waals surface area contributed by atoms with Gasteiger partial charge in [-0.1, -0.05) is 6.07 Å². The molecule has 114 valence electrons. The minimum atomic E-state index is -0.389. The highest BCUT2D eigenvalue weighted by atomic mass is 16.5. The smallest absolute Gasteiger partial charge is 0.253 e. The van der Waals surface area contributed by atoms with Crippen LogP contribution in [0, 0.1) is 0 Å². The quantitative estimate of drug-likeness (QED) is 0.750. The molecule has 1 aliphatic heterocycles. The van der Waals surface area contributed by atoms with E-state index in [2.05, 4.69) is 10.6 Å². The molecule has 0 bridgehead atoms. The van der Waals surface area contributed by atoms with Crippen LogP contribution in [0.25, 0.3) is 0 Å². The molecule has 6 nitrogen and oxygen atoms in total. The summed E-state index contributed by atoms with van der Waals surface area (Å²) in [5.41, 5.74) is 6.55. The third kappa shape index (κ3) is 4.27. The lowest BCUT2D eigenvalue weighted by molar-refractivity contribution is -0.124. The van der Waals surface area contributed by atoms with Gasteiger partial charge in [-0.25, -0.2) is 0 Å². The molecular weight excluding hydrogens is 270 g/mol. The molecule has 0 saturated carbocycles. The summed E-state index contributed by atoms with van der Waals surface area (Å²) in [6.45, 7) is 2.83. The van der Waals surface area contributed by atoms with E-state index in [-0.39, 0.29) is 24.0 Å². The summed E-state index contributed by atoms with van der Waals surface area (Å²) < 4.78 is 5.33. The van der Waals surface area contributed by atoms with Crippen molar-refractivity contribution in [1.82, 2.24) is 5.32 Å². The largest absolute Gasteiger partial charge is 0.368 e. The molecule has 1 saturated heterocycles. The van der Waals surface area contributed by atoms with Crippen molar-refractivity contribution < 1.29 is 14.3 Å². The molecular formula is C15H21N3O3. The minimum absolute atomic E-state index is 0.0948. The number of benzene rings is 1. The van der Waals surface area contributed by atoms with Crippen LogP contribution in [0.4, 0.5) is 5.69 Å². The van der Waals surface area contributed by atoms with E-state index < -0.39 is 0 Å². The number of nitrogens with two attached hydrogens (primary N) is 1. The van der Waals surface area contributed by atoms with Gasteiger partial charge in [-0.2, -0.15) is 0 Å². The van der Waals surface area contributed by atoms with Crippen molar-refractivity contribution in [3.05, 3.63) is 29.8 Å². The topological polar surface area (TPSA) is 93.5 Å². The van der Waals surface area contributed by atoms with E-state index in [1.807, 2.05) is 6.92 Å². The summed E-state index contributed by atoms with van der Waals surface area (Å²) in [7, 11) is 0. The lowest BCUT2D eigenvalue weighted by Gasteiger charge is -2.13. The second kappa shape index (κ2) is 7.19. The van der Waals surface area contributed by atoms with Crippen molar-refractivity contribution in [1.29, 1.82) is 0 Å². The Morgan fingerprint density at radius 2 is 2.29 bits per heavy atom. The number of rotatable bonds is 5. The lowest BCUT2D eigenvalue weighted by Crippen LogP contribution is -2.37. The monoisotopic (exact) mass is 291 g/mol. The molecule has 2 amide bonds. The van der Waals surface area contributed by atoms with Crippen LogP contribution in [0.5, 0.6) is 0 Å². The average Bonchev–Trinajstić information content (AvgIpc) is 3.01. The highest BCUT2D eigenvalue weighted by molar-refractivity contribution is 5.98. The molecule has 1 fully saturated rings. The van der Waals surface area contributed by atoms with Crippen LogP contribution >= 0.6 is 0 Å². The zero-order chi connectivity index (χ0) is 15.2.